The van der Waals surface area contributed by atoms with E-state index >= 15 is 0 Å². The molecule has 116 valence electrons. The minimum atomic E-state index is -0.780. The van der Waals surface area contributed by atoms with Gasteiger partial charge in [0.25, 0.3) is 0 Å². The van der Waals surface area contributed by atoms with Crippen LogP contribution in [0.2, 0.25) is 0 Å². The number of hydrogen-bond donors (Lipinski definition) is 3. The van der Waals surface area contributed by atoms with Crippen molar-refractivity contribution in [2.45, 2.75) is 45.8 Å². The molecular formula is C17H23BrO3. The molecule has 0 spiro atoms. The summed E-state index contributed by atoms with van der Waals surface area (Å²) in [5, 5.41) is 29.6. The standard InChI is InChI=1S/C17H23BrO3/c1-11(2)17(21)9-12(3)5-4-6-15(19)14-10-13(18)7-8-16(14)20/h4,7-8,10-11,15,17,19-21H,6,9H2,1-3H3/t5?,15-,17-/m1/s1. The van der Waals surface area contributed by atoms with Gasteiger partial charge in [0.2, 0.25) is 0 Å². The van der Waals surface area contributed by atoms with Gasteiger partial charge in [-0.05, 0) is 42.7 Å². The van der Waals surface area contributed by atoms with Gasteiger partial charge in [-0.3, -0.25) is 0 Å². The second kappa shape index (κ2) is 8.40. The first-order valence-electron chi connectivity index (χ1n) is 7.06. The third-order valence-electron chi connectivity index (χ3n) is 3.32. The zero-order valence-electron chi connectivity index (χ0n) is 12.7. The SMILES string of the molecule is CC(=C=CC[C@@H](O)c1cc(Br)ccc1O)C[C@@H](O)C(C)C. The van der Waals surface area contributed by atoms with Crippen LogP contribution in [-0.2, 0) is 0 Å². The number of rotatable bonds is 6. The monoisotopic (exact) mass is 354 g/mol. The highest BCUT2D eigenvalue weighted by Crippen LogP contribution is 2.29. The van der Waals surface area contributed by atoms with Crippen LogP contribution in [0.3, 0.4) is 0 Å². The van der Waals surface area contributed by atoms with Crippen LogP contribution in [-0.4, -0.2) is 21.4 Å². The first-order valence-corrected chi connectivity index (χ1v) is 7.85. The molecule has 0 amide bonds. The van der Waals surface area contributed by atoms with Crippen molar-refractivity contribution in [1.82, 2.24) is 0 Å². The molecule has 0 aromatic heterocycles. The van der Waals surface area contributed by atoms with Crippen molar-refractivity contribution in [2.24, 2.45) is 5.92 Å². The third-order valence-corrected chi connectivity index (χ3v) is 3.82. The Labute approximate surface area is 134 Å². The van der Waals surface area contributed by atoms with Crippen molar-refractivity contribution in [2.75, 3.05) is 0 Å². The molecule has 0 bridgehead atoms. The van der Waals surface area contributed by atoms with Crippen molar-refractivity contribution in [1.29, 1.82) is 0 Å². The normalized spacial score (nSPS) is 13.7. The molecule has 1 rings (SSSR count). The van der Waals surface area contributed by atoms with Crippen LogP contribution in [0.5, 0.6) is 5.75 Å². The smallest absolute Gasteiger partial charge is 0.121 e. The van der Waals surface area contributed by atoms with Crippen LogP contribution in [0.25, 0.3) is 0 Å². The van der Waals surface area contributed by atoms with Crippen molar-refractivity contribution in [3.05, 3.63) is 45.6 Å². The molecule has 2 atom stereocenters. The summed E-state index contributed by atoms with van der Waals surface area (Å²) in [5.74, 6) is 0.293. The Bertz CT molecular complexity index is 531. The zero-order valence-corrected chi connectivity index (χ0v) is 14.3. The molecule has 0 fully saturated rings. The summed E-state index contributed by atoms with van der Waals surface area (Å²) in [6.07, 6.45) is 1.53. The van der Waals surface area contributed by atoms with Gasteiger partial charge < -0.3 is 15.3 Å². The Kier molecular flexibility index (Phi) is 7.20. The van der Waals surface area contributed by atoms with Crippen LogP contribution in [0.4, 0.5) is 0 Å². The fourth-order valence-electron chi connectivity index (χ4n) is 1.87. The van der Waals surface area contributed by atoms with Gasteiger partial charge in [0.15, 0.2) is 0 Å². The van der Waals surface area contributed by atoms with Gasteiger partial charge in [0, 0.05) is 22.9 Å². The number of halogens is 1. The quantitative estimate of drug-likeness (QED) is 0.674. The Hall–Kier alpha value is -1.06. The number of phenols is 1. The van der Waals surface area contributed by atoms with Gasteiger partial charge in [0.05, 0.1) is 12.2 Å². The van der Waals surface area contributed by atoms with Crippen LogP contribution in [0.15, 0.2) is 40.1 Å². The Morgan fingerprint density at radius 1 is 1.33 bits per heavy atom. The number of aromatic hydroxyl groups is 1. The van der Waals surface area contributed by atoms with E-state index < -0.39 is 6.10 Å². The lowest BCUT2D eigenvalue weighted by molar-refractivity contribution is 0.125. The van der Waals surface area contributed by atoms with Gasteiger partial charge in [0.1, 0.15) is 5.75 Å². The van der Waals surface area contributed by atoms with E-state index in [4.69, 9.17) is 0 Å². The summed E-state index contributed by atoms with van der Waals surface area (Å²) in [5.41, 5.74) is 4.52. The minimum absolute atomic E-state index is 0.0787. The van der Waals surface area contributed by atoms with E-state index in [1.165, 1.54) is 0 Å². The maximum Gasteiger partial charge on any atom is 0.121 e. The minimum Gasteiger partial charge on any atom is -0.508 e. The average Bonchev–Trinajstić information content (AvgIpc) is 2.41. The van der Waals surface area contributed by atoms with Gasteiger partial charge in [-0.25, -0.2) is 0 Å². The fourth-order valence-corrected chi connectivity index (χ4v) is 2.25. The molecule has 4 heteroatoms. The first kappa shape index (κ1) is 18.0. The van der Waals surface area contributed by atoms with Crippen molar-refractivity contribution >= 4 is 15.9 Å². The number of phenolic OH excluding ortho intramolecular Hbond substituents is 1. The molecule has 21 heavy (non-hydrogen) atoms. The molecule has 0 aliphatic heterocycles. The second-order valence-electron chi connectivity index (χ2n) is 5.60. The van der Waals surface area contributed by atoms with E-state index in [1.54, 1.807) is 24.3 Å². The molecule has 0 aliphatic rings. The maximum absolute atomic E-state index is 10.1. The maximum atomic E-state index is 10.1. The largest absolute Gasteiger partial charge is 0.508 e. The predicted octanol–water partition coefficient (Wildman–Crippen LogP) is 4.09. The summed E-state index contributed by atoms with van der Waals surface area (Å²) in [4.78, 5) is 0. The topological polar surface area (TPSA) is 60.7 Å². The molecular weight excluding hydrogens is 332 g/mol. The van der Waals surface area contributed by atoms with Crippen LogP contribution in [0, 0.1) is 5.92 Å². The van der Waals surface area contributed by atoms with E-state index in [2.05, 4.69) is 21.7 Å². The van der Waals surface area contributed by atoms with E-state index in [1.807, 2.05) is 20.8 Å². The molecule has 1 aromatic rings. The zero-order chi connectivity index (χ0) is 16.0. The first-order chi connectivity index (χ1) is 9.81. The average molecular weight is 355 g/mol. The molecule has 0 aliphatic carbocycles. The molecule has 0 saturated carbocycles. The van der Waals surface area contributed by atoms with E-state index in [-0.39, 0.29) is 17.8 Å². The Morgan fingerprint density at radius 3 is 2.62 bits per heavy atom. The molecule has 3 nitrogen and oxygen atoms in total. The summed E-state index contributed by atoms with van der Waals surface area (Å²) >= 11 is 3.32. The predicted molar refractivity (Wildman–Crippen MR) is 88.1 cm³/mol. The van der Waals surface area contributed by atoms with Gasteiger partial charge >= 0.3 is 0 Å². The molecule has 0 saturated heterocycles. The highest BCUT2D eigenvalue weighted by atomic mass is 79.9. The second-order valence-corrected chi connectivity index (χ2v) is 6.51. The lowest BCUT2D eigenvalue weighted by Gasteiger charge is -2.13. The summed E-state index contributed by atoms with van der Waals surface area (Å²) in [6, 6.07) is 4.97. The van der Waals surface area contributed by atoms with Crippen LogP contribution >= 0.6 is 15.9 Å². The van der Waals surface area contributed by atoms with Crippen molar-refractivity contribution in [3.63, 3.8) is 0 Å². The highest BCUT2D eigenvalue weighted by Gasteiger charge is 2.11. The molecule has 1 aromatic carbocycles. The summed E-state index contributed by atoms with van der Waals surface area (Å²) < 4.78 is 0.810. The number of hydrogen-bond acceptors (Lipinski definition) is 3. The summed E-state index contributed by atoms with van der Waals surface area (Å²) in [6.45, 7) is 5.86. The lowest BCUT2D eigenvalue weighted by atomic mass is 10.0. The van der Waals surface area contributed by atoms with Gasteiger partial charge in [-0.15, -0.1) is 5.73 Å². The Balaban J connectivity index is 2.69. The van der Waals surface area contributed by atoms with Crippen LogP contribution < -0.4 is 0 Å². The van der Waals surface area contributed by atoms with Crippen molar-refractivity contribution in [3.8, 4) is 5.75 Å². The molecule has 3 N–H and O–H groups in total. The van der Waals surface area contributed by atoms with E-state index in [9.17, 15) is 15.3 Å². The van der Waals surface area contributed by atoms with Gasteiger partial charge in [-0.2, -0.15) is 0 Å². The van der Waals surface area contributed by atoms with Crippen LogP contribution in [0.1, 0.15) is 45.3 Å². The number of aliphatic hydroxyl groups is 2. The van der Waals surface area contributed by atoms with Crippen molar-refractivity contribution < 1.29 is 15.3 Å². The van der Waals surface area contributed by atoms with E-state index in [0.29, 0.717) is 18.4 Å². The van der Waals surface area contributed by atoms with E-state index in [0.717, 1.165) is 10.0 Å². The fraction of sp³-hybridized carbons (Fsp3) is 0.471. The molecule has 0 heterocycles. The summed E-state index contributed by atoms with van der Waals surface area (Å²) in [7, 11) is 0. The number of benzene rings is 1. The number of aliphatic hydroxyl groups excluding tert-OH is 2. The Morgan fingerprint density at radius 2 is 2.00 bits per heavy atom. The highest BCUT2D eigenvalue weighted by molar-refractivity contribution is 9.10. The lowest BCUT2D eigenvalue weighted by Crippen LogP contribution is -2.14. The molecule has 0 radical (unpaired) electrons. The van der Waals surface area contributed by atoms with Gasteiger partial charge in [-0.1, -0.05) is 29.8 Å². The third kappa shape index (κ3) is 6.06. The molecule has 0 unspecified atom stereocenters.